The smallest absolute Gasteiger partial charge is 0.170 e. The topological polar surface area (TPSA) is 6.48 Å². The van der Waals surface area contributed by atoms with Crippen molar-refractivity contribution < 1.29 is 0 Å². The van der Waals surface area contributed by atoms with Gasteiger partial charge in [0.05, 0.1) is 12.4 Å². The van der Waals surface area contributed by atoms with Crippen LogP contribution in [0.3, 0.4) is 0 Å². The molecule has 3 aliphatic rings. The molecule has 22 heavy (non-hydrogen) atoms. The van der Waals surface area contributed by atoms with Crippen LogP contribution in [0.2, 0.25) is 0 Å². The second-order valence-corrected chi connectivity index (χ2v) is 6.40. The summed E-state index contributed by atoms with van der Waals surface area (Å²) < 4.78 is 0.691. The summed E-state index contributed by atoms with van der Waals surface area (Å²) in [6, 6.07) is 13.2. The molecule has 5 rings (SSSR count). The molecular formula is C19H22N3+. The molecule has 0 saturated carbocycles. The Kier molecular flexibility index (Phi) is 2.66. The van der Waals surface area contributed by atoms with E-state index in [2.05, 4.69) is 86.5 Å². The van der Waals surface area contributed by atoms with Gasteiger partial charge in [0.1, 0.15) is 0 Å². The van der Waals surface area contributed by atoms with Crippen molar-refractivity contribution in [3.8, 4) is 0 Å². The fraction of sp³-hybridized carbons (Fsp3) is 0.263. The second-order valence-electron chi connectivity index (χ2n) is 6.40. The highest BCUT2D eigenvalue weighted by atomic mass is 16.1. The number of hydrogen-bond acceptors (Lipinski definition) is 2. The van der Waals surface area contributed by atoms with E-state index in [0.29, 0.717) is 4.70 Å². The monoisotopic (exact) mass is 292 g/mol. The van der Waals surface area contributed by atoms with Gasteiger partial charge in [-0.05, 0) is 27.7 Å². The lowest BCUT2D eigenvalue weighted by Crippen LogP contribution is -2.73. The predicted octanol–water partition coefficient (Wildman–Crippen LogP) is 4.45. The van der Waals surface area contributed by atoms with Crippen LogP contribution in [0, 0.1) is 27.7 Å². The summed E-state index contributed by atoms with van der Waals surface area (Å²) in [6.45, 7) is 9.83. The van der Waals surface area contributed by atoms with Crippen molar-refractivity contribution in [2.45, 2.75) is 27.7 Å². The Morgan fingerprint density at radius 1 is 0.682 bits per heavy atom. The summed E-state index contributed by atoms with van der Waals surface area (Å²) in [6.07, 6.45) is 4.41. The Labute approximate surface area is 132 Å². The van der Waals surface area contributed by atoms with E-state index in [4.69, 9.17) is 0 Å². The number of hydrogen-bond donors (Lipinski definition) is 0. The maximum absolute atomic E-state index is 2.41. The summed E-state index contributed by atoms with van der Waals surface area (Å²) >= 11 is 0. The molecule has 0 unspecified atom stereocenters. The maximum atomic E-state index is 2.41. The lowest BCUT2D eigenvalue weighted by Gasteiger charge is -2.54. The molecule has 0 radical (unpaired) electrons. The molecule has 0 atom stereocenters. The molecule has 0 spiro atoms. The molecule has 112 valence electrons. The molecule has 3 heteroatoms. The van der Waals surface area contributed by atoms with E-state index in [0.717, 1.165) is 6.67 Å². The fourth-order valence-electron chi connectivity index (χ4n) is 4.07. The van der Waals surface area contributed by atoms with Gasteiger partial charge in [-0.1, -0.05) is 41.1 Å². The van der Waals surface area contributed by atoms with Gasteiger partial charge in [0.15, 0.2) is 18.0 Å². The van der Waals surface area contributed by atoms with Crippen molar-refractivity contribution in [2.75, 3.05) is 6.67 Å². The minimum Gasteiger partial charge on any atom is -0.170 e. The first kappa shape index (κ1) is 13.4. The predicted molar refractivity (Wildman–Crippen MR) is 91.0 cm³/mol. The molecule has 0 amide bonds. The van der Waals surface area contributed by atoms with Gasteiger partial charge in [-0.25, -0.2) is 0 Å². The molecular weight excluding hydrogens is 270 g/mol. The highest BCUT2D eigenvalue weighted by molar-refractivity contribution is 5.70. The number of quaternary nitrogens is 1. The van der Waals surface area contributed by atoms with Crippen LogP contribution in [-0.2, 0) is 0 Å². The first-order valence-electron chi connectivity index (χ1n) is 7.82. The van der Waals surface area contributed by atoms with Crippen LogP contribution >= 0.6 is 0 Å². The lowest BCUT2D eigenvalue weighted by molar-refractivity contribution is -0.182. The van der Waals surface area contributed by atoms with Crippen LogP contribution in [0.15, 0.2) is 48.8 Å². The zero-order chi connectivity index (χ0) is 15.5. The summed E-state index contributed by atoms with van der Waals surface area (Å²) in [5.41, 5.74) is 8.08. The molecule has 0 aliphatic carbocycles. The van der Waals surface area contributed by atoms with Gasteiger partial charge in [0.2, 0.25) is 0 Å². The fourth-order valence-corrected chi connectivity index (χ4v) is 4.07. The maximum Gasteiger partial charge on any atom is 0.194 e. The Hall–Kier alpha value is -2.26. The Morgan fingerprint density at radius 2 is 1.05 bits per heavy atom. The first-order valence-corrected chi connectivity index (χ1v) is 7.82. The van der Waals surface area contributed by atoms with Gasteiger partial charge >= 0.3 is 0 Å². The Bertz CT molecular complexity index is 685. The highest BCUT2D eigenvalue weighted by Gasteiger charge is 2.60. The molecule has 2 bridgehead atoms. The quantitative estimate of drug-likeness (QED) is 0.755. The van der Waals surface area contributed by atoms with Crippen molar-refractivity contribution in [3.63, 3.8) is 0 Å². The summed E-state index contributed by atoms with van der Waals surface area (Å²) in [4.78, 5) is 0. The number of para-hydroxylation sites is 2. The summed E-state index contributed by atoms with van der Waals surface area (Å²) in [7, 11) is 0. The van der Waals surface area contributed by atoms with Gasteiger partial charge in [-0.15, -0.1) is 0 Å². The van der Waals surface area contributed by atoms with E-state index in [1.54, 1.807) is 0 Å². The molecule has 3 aliphatic heterocycles. The molecule has 1 fully saturated rings. The van der Waals surface area contributed by atoms with Gasteiger partial charge in [-0.3, -0.25) is 0 Å². The van der Waals surface area contributed by atoms with E-state index in [9.17, 15) is 0 Å². The van der Waals surface area contributed by atoms with Crippen molar-refractivity contribution in [1.82, 2.24) is 14.7 Å². The van der Waals surface area contributed by atoms with Gasteiger partial charge in [-0.2, -0.15) is 10.0 Å². The van der Waals surface area contributed by atoms with E-state index >= 15 is 0 Å². The molecule has 3 heterocycles. The highest BCUT2D eigenvalue weighted by Crippen LogP contribution is 2.52. The average molecular weight is 292 g/mol. The van der Waals surface area contributed by atoms with Crippen LogP contribution in [-0.4, -0.2) is 16.7 Å². The third-order valence-corrected chi connectivity index (χ3v) is 4.95. The van der Waals surface area contributed by atoms with E-state index < -0.39 is 0 Å². The average Bonchev–Trinajstić information content (AvgIpc) is 3.07. The third kappa shape index (κ3) is 1.44. The third-order valence-electron chi connectivity index (χ3n) is 4.95. The lowest BCUT2D eigenvalue weighted by atomic mass is 10.0. The minimum atomic E-state index is 0.691. The summed E-state index contributed by atoms with van der Waals surface area (Å²) in [5, 5.41) is 4.81. The van der Waals surface area contributed by atoms with Crippen molar-refractivity contribution in [1.29, 1.82) is 0 Å². The SMILES string of the molecule is Cc1cccc(C)c1[N+]1(c2c(C)cccc2C)N2C=CN1C2. The van der Waals surface area contributed by atoms with E-state index in [1.165, 1.54) is 33.6 Å². The minimum absolute atomic E-state index is 0.691. The summed E-state index contributed by atoms with van der Waals surface area (Å²) in [5.74, 6) is 0. The zero-order valence-corrected chi connectivity index (χ0v) is 13.7. The zero-order valence-electron chi connectivity index (χ0n) is 13.7. The number of nitrogens with zero attached hydrogens (tertiary/aromatic N) is 3. The van der Waals surface area contributed by atoms with Gasteiger partial charge in [0, 0.05) is 22.3 Å². The van der Waals surface area contributed by atoms with E-state index in [1.807, 2.05) is 0 Å². The van der Waals surface area contributed by atoms with Gasteiger partial charge in [0.25, 0.3) is 0 Å². The van der Waals surface area contributed by atoms with Crippen molar-refractivity contribution in [3.05, 3.63) is 71.1 Å². The van der Waals surface area contributed by atoms with Crippen LogP contribution in [0.1, 0.15) is 22.3 Å². The molecule has 0 aromatic heterocycles. The Balaban J connectivity index is 2.06. The molecule has 2 aromatic carbocycles. The first-order chi connectivity index (χ1) is 10.6. The number of aryl methyl sites for hydroxylation is 4. The second kappa shape index (κ2) is 4.37. The van der Waals surface area contributed by atoms with Crippen LogP contribution in [0.5, 0.6) is 0 Å². The molecule has 3 nitrogen and oxygen atoms in total. The van der Waals surface area contributed by atoms with E-state index in [-0.39, 0.29) is 0 Å². The molecule has 1 saturated heterocycles. The number of benzene rings is 2. The van der Waals surface area contributed by atoms with Crippen LogP contribution in [0.25, 0.3) is 0 Å². The van der Waals surface area contributed by atoms with Crippen LogP contribution < -0.4 is 4.70 Å². The number of rotatable bonds is 2. The largest absolute Gasteiger partial charge is 0.194 e. The normalized spacial score (nSPS) is 17.8. The molecule has 0 N–H and O–H groups in total. The van der Waals surface area contributed by atoms with Crippen molar-refractivity contribution in [2.24, 2.45) is 0 Å². The van der Waals surface area contributed by atoms with Crippen LogP contribution in [0.4, 0.5) is 11.4 Å². The van der Waals surface area contributed by atoms with Crippen molar-refractivity contribution >= 4 is 11.4 Å². The van der Waals surface area contributed by atoms with Gasteiger partial charge < -0.3 is 0 Å². The molecule has 2 aromatic rings. The standard InChI is InChI=1S/C19H22N3/c1-14-7-5-8-15(2)18(14)22(20-11-12-21(22)13-20)19-16(3)9-6-10-17(19)4/h5-12H,13H2,1-4H3/q+1. The Morgan fingerprint density at radius 3 is 1.36 bits per heavy atom.